The van der Waals surface area contributed by atoms with Gasteiger partial charge in [-0.1, -0.05) is 17.7 Å². The molecule has 1 aliphatic rings. The minimum Gasteiger partial charge on any atom is -0.350 e. The molecule has 0 spiro atoms. The molecule has 2 aromatic rings. The van der Waals surface area contributed by atoms with Crippen LogP contribution in [-0.4, -0.2) is 22.2 Å². The number of nitrogens with zero attached hydrogens (tertiary/aromatic N) is 2. The standard InChI is InChI=1S/C18H21N3O2/c1-12-6-7-15(13(2)10-12)18(23)19-8-9-21-17(22)11-14-4-3-5-16(14)20-21/h6-7,10-11H,3-5,8-9H2,1-2H3,(H,19,23). The molecule has 5 heteroatoms. The minimum absolute atomic E-state index is 0.0913. The summed E-state index contributed by atoms with van der Waals surface area (Å²) in [5.74, 6) is -0.114. The number of carbonyl (C=O) groups is 1. The summed E-state index contributed by atoms with van der Waals surface area (Å²) in [4.78, 5) is 24.2. The van der Waals surface area contributed by atoms with Gasteiger partial charge >= 0.3 is 0 Å². The highest BCUT2D eigenvalue weighted by atomic mass is 16.2. The van der Waals surface area contributed by atoms with E-state index in [1.165, 1.54) is 4.68 Å². The van der Waals surface area contributed by atoms with Crippen molar-refractivity contribution in [3.63, 3.8) is 0 Å². The highest BCUT2D eigenvalue weighted by Crippen LogP contribution is 2.16. The van der Waals surface area contributed by atoms with Gasteiger partial charge in [0.05, 0.1) is 12.2 Å². The fraction of sp³-hybridized carbons (Fsp3) is 0.389. The molecular weight excluding hydrogens is 290 g/mol. The number of benzene rings is 1. The minimum atomic E-state index is -0.114. The van der Waals surface area contributed by atoms with Crippen LogP contribution in [0.3, 0.4) is 0 Å². The van der Waals surface area contributed by atoms with Crippen LogP contribution in [0.2, 0.25) is 0 Å². The molecule has 23 heavy (non-hydrogen) atoms. The third-order valence-corrected chi connectivity index (χ3v) is 4.26. The van der Waals surface area contributed by atoms with Crippen molar-refractivity contribution >= 4 is 5.91 Å². The lowest BCUT2D eigenvalue weighted by Gasteiger charge is -2.10. The first kappa shape index (κ1) is 15.5. The Labute approximate surface area is 135 Å². The van der Waals surface area contributed by atoms with Gasteiger partial charge in [-0.2, -0.15) is 5.10 Å². The predicted octanol–water partition coefficient (Wildman–Crippen LogP) is 1.78. The number of carbonyl (C=O) groups excluding carboxylic acids is 1. The number of aromatic nitrogens is 2. The number of amides is 1. The largest absolute Gasteiger partial charge is 0.350 e. The van der Waals surface area contributed by atoms with Gasteiger partial charge < -0.3 is 5.32 Å². The van der Waals surface area contributed by atoms with Gasteiger partial charge in [0, 0.05) is 18.2 Å². The van der Waals surface area contributed by atoms with E-state index in [4.69, 9.17) is 0 Å². The van der Waals surface area contributed by atoms with Crippen molar-refractivity contribution in [2.45, 2.75) is 39.7 Å². The molecule has 1 aromatic heterocycles. The second-order valence-electron chi connectivity index (χ2n) is 6.11. The number of rotatable bonds is 4. The lowest BCUT2D eigenvalue weighted by atomic mass is 10.1. The third kappa shape index (κ3) is 3.33. The first-order valence-electron chi connectivity index (χ1n) is 8.00. The molecule has 0 saturated heterocycles. The summed E-state index contributed by atoms with van der Waals surface area (Å²) in [7, 11) is 0. The maximum atomic E-state index is 12.2. The van der Waals surface area contributed by atoms with Crippen LogP contribution in [0.1, 0.15) is 39.2 Å². The topological polar surface area (TPSA) is 64.0 Å². The van der Waals surface area contributed by atoms with Gasteiger partial charge in [-0.3, -0.25) is 9.59 Å². The monoisotopic (exact) mass is 311 g/mol. The number of fused-ring (bicyclic) bond motifs is 1. The smallest absolute Gasteiger partial charge is 0.267 e. The second-order valence-corrected chi connectivity index (χ2v) is 6.11. The second kappa shape index (κ2) is 6.36. The number of hydrogen-bond acceptors (Lipinski definition) is 3. The Bertz CT molecular complexity index is 808. The lowest BCUT2D eigenvalue weighted by molar-refractivity contribution is 0.0951. The van der Waals surface area contributed by atoms with Crippen molar-refractivity contribution in [2.75, 3.05) is 6.54 Å². The fourth-order valence-electron chi connectivity index (χ4n) is 3.04. The number of nitrogens with one attached hydrogen (secondary N) is 1. The van der Waals surface area contributed by atoms with Crippen LogP contribution in [-0.2, 0) is 19.4 Å². The first-order chi connectivity index (χ1) is 11.0. The molecule has 5 nitrogen and oxygen atoms in total. The Morgan fingerprint density at radius 3 is 2.87 bits per heavy atom. The summed E-state index contributed by atoms with van der Waals surface area (Å²) < 4.78 is 1.45. The molecule has 3 rings (SSSR count). The van der Waals surface area contributed by atoms with Gasteiger partial charge in [-0.15, -0.1) is 0 Å². The van der Waals surface area contributed by atoms with Gasteiger partial charge in [-0.05, 0) is 50.3 Å². The summed E-state index contributed by atoms with van der Waals surface area (Å²) in [6.07, 6.45) is 2.95. The molecule has 1 amide bonds. The van der Waals surface area contributed by atoms with Gasteiger partial charge in [0.25, 0.3) is 11.5 Å². The molecule has 1 aliphatic carbocycles. The molecule has 0 saturated carbocycles. The average molecular weight is 311 g/mol. The van der Waals surface area contributed by atoms with Crippen LogP contribution in [0.5, 0.6) is 0 Å². The zero-order chi connectivity index (χ0) is 16.4. The van der Waals surface area contributed by atoms with E-state index in [0.717, 1.165) is 41.6 Å². The maximum Gasteiger partial charge on any atom is 0.267 e. The molecule has 0 bridgehead atoms. The average Bonchev–Trinajstić information content (AvgIpc) is 2.94. The molecular formula is C18H21N3O2. The van der Waals surface area contributed by atoms with Crippen LogP contribution in [0, 0.1) is 13.8 Å². The molecule has 1 N–H and O–H groups in total. The molecule has 0 atom stereocenters. The van der Waals surface area contributed by atoms with Gasteiger partial charge in [0.15, 0.2) is 0 Å². The lowest BCUT2D eigenvalue weighted by Crippen LogP contribution is -2.32. The van der Waals surface area contributed by atoms with E-state index in [9.17, 15) is 9.59 Å². The van der Waals surface area contributed by atoms with Crippen molar-refractivity contribution in [3.05, 3.63) is 62.6 Å². The summed E-state index contributed by atoms with van der Waals surface area (Å²) in [6.45, 7) is 4.70. The zero-order valence-electron chi connectivity index (χ0n) is 13.6. The Hall–Kier alpha value is -2.43. The van der Waals surface area contributed by atoms with E-state index >= 15 is 0 Å². The highest BCUT2D eigenvalue weighted by Gasteiger charge is 2.15. The van der Waals surface area contributed by atoms with E-state index in [1.807, 2.05) is 32.0 Å². The summed E-state index contributed by atoms with van der Waals surface area (Å²) in [5.41, 5.74) is 4.76. The Morgan fingerprint density at radius 2 is 2.09 bits per heavy atom. The van der Waals surface area contributed by atoms with Crippen LogP contribution < -0.4 is 10.9 Å². The molecule has 0 unspecified atom stereocenters. The summed E-state index contributed by atoms with van der Waals surface area (Å²) >= 11 is 0. The van der Waals surface area contributed by atoms with Crippen molar-refractivity contribution in [2.24, 2.45) is 0 Å². The molecule has 120 valence electrons. The van der Waals surface area contributed by atoms with Crippen LogP contribution in [0.15, 0.2) is 29.1 Å². The van der Waals surface area contributed by atoms with Crippen molar-refractivity contribution in [1.82, 2.24) is 15.1 Å². The molecule has 1 heterocycles. The summed E-state index contributed by atoms with van der Waals surface area (Å²) in [5, 5.41) is 7.27. The van der Waals surface area contributed by atoms with Gasteiger partial charge in [0.2, 0.25) is 0 Å². The van der Waals surface area contributed by atoms with Crippen LogP contribution >= 0.6 is 0 Å². The molecule has 0 radical (unpaired) electrons. The molecule has 0 fully saturated rings. The molecule has 0 aliphatic heterocycles. The third-order valence-electron chi connectivity index (χ3n) is 4.26. The van der Waals surface area contributed by atoms with E-state index in [2.05, 4.69) is 10.4 Å². The number of aryl methyl sites for hydroxylation is 4. The van der Waals surface area contributed by atoms with E-state index < -0.39 is 0 Å². The Balaban J connectivity index is 1.63. The SMILES string of the molecule is Cc1ccc(C(=O)NCCn2nc3c(cc2=O)CCC3)c(C)c1. The number of hydrogen-bond donors (Lipinski definition) is 1. The predicted molar refractivity (Wildman–Crippen MR) is 88.8 cm³/mol. The maximum absolute atomic E-state index is 12.2. The summed E-state index contributed by atoms with van der Waals surface area (Å²) in [6, 6.07) is 7.43. The highest BCUT2D eigenvalue weighted by molar-refractivity contribution is 5.95. The van der Waals surface area contributed by atoms with E-state index in [-0.39, 0.29) is 11.5 Å². The van der Waals surface area contributed by atoms with Crippen molar-refractivity contribution < 1.29 is 4.79 Å². The van der Waals surface area contributed by atoms with Crippen LogP contribution in [0.4, 0.5) is 0 Å². The first-order valence-corrected chi connectivity index (χ1v) is 8.00. The van der Waals surface area contributed by atoms with Crippen molar-refractivity contribution in [3.8, 4) is 0 Å². The Morgan fingerprint density at radius 1 is 1.26 bits per heavy atom. The van der Waals surface area contributed by atoms with Gasteiger partial charge in [-0.25, -0.2) is 4.68 Å². The van der Waals surface area contributed by atoms with Gasteiger partial charge in [0.1, 0.15) is 0 Å². The fourth-order valence-corrected chi connectivity index (χ4v) is 3.04. The van der Waals surface area contributed by atoms with Crippen molar-refractivity contribution in [1.29, 1.82) is 0 Å². The quantitative estimate of drug-likeness (QED) is 0.936. The van der Waals surface area contributed by atoms with Crippen LogP contribution in [0.25, 0.3) is 0 Å². The normalized spacial score (nSPS) is 13.0. The molecule has 1 aromatic carbocycles. The Kier molecular flexibility index (Phi) is 4.28. The van der Waals surface area contributed by atoms with E-state index in [0.29, 0.717) is 18.7 Å². The zero-order valence-corrected chi connectivity index (χ0v) is 13.6. The van der Waals surface area contributed by atoms with E-state index in [1.54, 1.807) is 6.07 Å².